The van der Waals surface area contributed by atoms with Gasteiger partial charge in [-0.2, -0.15) is 5.10 Å². The molecule has 0 radical (unpaired) electrons. The molecule has 114 valence electrons. The number of carbonyl (C=O) groups excluding carboxylic acids is 1. The van der Waals surface area contributed by atoms with Crippen molar-refractivity contribution in [3.8, 4) is 11.5 Å². The minimum Gasteiger partial charge on any atom is -0.508 e. The molecule has 0 spiro atoms. The average Bonchev–Trinajstić information content (AvgIpc) is 2.52. The summed E-state index contributed by atoms with van der Waals surface area (Å²) in [6, 6.07) is 13.4. The van der Waals surface area contributed by atoms with E-state index in [0.29, 0.717) is 0 Å². The third-order valence-corrected chi connectivity index (χ3v) is 3.11. The topological polar surface area (TPSA) is 81.9 Å². The van der Waals surface area contributed by atoms with Gasteiger partial charge in [-0.25, -0.2) is 5.43 Å². The Bertz CT molecular complexity index is 682. The summed E-state index contributed by atoms with van der Waals surface area (Å²) >= 11 is 0. The molecular formula is C17H18N2O3. The van der Waals surface area contributed by atoms with E-state index in [4.69, 9.17) is 0 Å². The number of carbonyl (C=O) groups is 1. The minimum absolute atomic E-state index is 0.0606. The Morgan fingerprint density at radius 1 is 1.14 bits per heavy atom. The highest BCUT2D eigenvalue weighted by molar-refractivity contribution is 6.02. The normalized spacial score (nSPS) is 11.2. The number of nitrogens with one attached hydrogen (secondary N) is 1. The van der Waals surface area contributed by atoms with Gasteiger partial charge in [0.05, 0.1) is 11.3 Å². The van der Waals surface area contributed by atoms with Crippen LogP contribution in [-0.4, -0.2) is 21.8 Å². The van der Waals surface area contributed by atoms with Crippen LogP contribution in [0.15, 0.2) is 53.6 Å². The Morgan fingerprint density at radius 3 is 2.50 bits per heavy atom. The van der Waals surface area contributed by atoms with E-state index in [2.05, 4.69) is 10.5 Å². The van der Waals surface area contributed by atoms with Crippen LogP contribution in [0.3, 0.4) is 0 Å². The number of rotatable bonds is 5. The number of phenols is 2. The summed E-state index contributed by atoms with van der Waals surface area (Å²) in [7, 11) is 0. The summed E-state index contributed by atoms with van der Waals surface area (Å²) in [5, 5.41) is 23.1. The average molecular weight is 298 g/mol. The highest BCUT2D eigenvalue weighted by Crippen LogP contribution is 2.22. The van der Waals surface area contributed by atoms with E-state index in [1.165, 1.54) is 12.1 Å². The molecule has 3 N–H and O–H groups in total. The molecular weight excluding hydrogens is 280 g/mol. The Hall–Kier alpha value is -2.82. The maximum absolute atomic E-state index is 12.1. The second kappa shape index (κ2) is 7.26. The molecule has 5 nitrogen and oxygen atoms in total. The lowest BCUT2D eigenvalue weighted by molar-refractivity contribution is 0.0952. The Kier molecular flexibility index (Phi) is 5.14. The lowest BCUT2D eigenvalue weighted by atomic mass is 10.1. The summed E-state index contributed by atoms with van der Waals surface area (Å²) in [4.78, 5) is 12.1. The zero-order valence-electron chi connectivity index (χ0n) is 12.3. The van der Waals surface area contributed by atoms with Crippen molar-refractivity contribution in [2.45, 2.75) is 19.8 Å². The van der Waals surface area contributed by atoms with Crippen LogP contribution in [0, 0.1) is 0 Å². The maximum Gasteiger partial charge on any atom is 0.275 e. The van der Waals surface area contributed by atoms with Gasteiger partial charge in [0.15, 0.2) is 0 Å². The van der Waals surface area contributed by atoms with Gasteiger partial charge in [0, 0.05) is 6.07 Å². The smallest absolute Gasteiger partial charge is 0.275 e. The summed E-state index contributed by atoms with van der Waals surface area (Å²) in [5.41, 5.74) is 4.23. The predicted molar refractivity (Wildman–Crippen MR) is 85.1 cm³/mol. The third kappa shape index (κ3) is 3.85. The lowest BCUT2D eigenvalue weighted by Crippen LogP contribution is -2.20. The third-order valence-electron chi connectivity index (χ3n) is 3.11. The largest absolute Gasteiger partial charge is 0.508 e. The predicted octanol–water partition coefficient (Wildman–Crippen LogP) is 3.03. The van der Waals surface area contributed by atoms with Gasteiger partial charge >= 0.3 is 0 Å². The first-order valence-corrected chi connectivity index (χ1v) is 7.06. The number of hydrogen-bond acceptors (Lipinski definition) is 4. The van der Waals surface area contributed by atoms with Gasteiger partial charge < -0.3 is 10.2 Å². The van der Waals surface area contributed by atoms with Crippen LogP contribution >= 0.6 is 0 Å². The molecule has 0 unspecified atom stereocenters. The molecule has 2 rings (SSSR count). The van der Waals surface area contributed by atoms with Crippen molar-refractivity contribution in [2.75, 3.05) is 0 Å². The maximum atomic E-state index is 12.1. The van der Waals surface area contributed by atoms with Crippen molar-refractivity contribution in [2.24, 2.45) is 5.10 Å². The fraction of sp³-hybridized carbons (Fsp3) is 0.176. The van der Waals surface area contributed by atoms with Gasteiger partial charge in [-0.1, -0.05) is 43.7 Å². The fourth-order valence-corrected chi connectivity index (χ4v) is 2.02. The second-order valence-corrected chi connectivity index (χ2v) is 4.82. The summed E-state index contributed by atoms with van der Waals surface area (Å²) in [6.45, 7) is 2.03. The highest BCUT2D eigenvalue weighted by Gasteiger charge is 2.11. The standard InChI is InChI=1S/C17H18N2O3/c1-2-6-15(12-7-4-3-5-8-12)18-19-17(22)14-10-9-13(20)11-16(14)21/h3-5,7-11,20-21H,2,6H2,1H3,(H,19,22)/b18-15-. The van der Waals surface area contributed by atoms with Gasteiger partial charge in [-0.05, 0) is 24.1 Å². The number of hydrogen-bond donors (Lipinski definition) is 3. The molecule has 0 bridgehead atoms. The van der Waals surface area contributed by atoms with Gasteiger partial charge in [0.25, 0.3) is 5.91 Å². The number of amides is 1. The molecule has 2 aromatic carbocycles. The molecule has 0 atom stereocenters. The molecule has 1 amide bonds. The SMILES string of the molecule is CCC/C(=N/NC(=O)c1ccc(O)cc1O)c1ccccc1. The second-order valence-electron chi connectivity index (χ2n) is 4.82. The molecule has 0 fully saturated rings. The van der Waals surface area contributed by atoms with Crippen LogP contribution in [0.5, 0.6) is 11.5 Å². The fourth-order valence-electron chi connectivity index (χ4n) is 2.02. The minimum atomic E-state index is -0.526. The zero-order chi connectivity index (χ0) is 15.9. The quantitative estimate of drug-likeness (QED) is 0.586. The van der Waals surface area contributed by atoms with E-state index >= 15 is 0 Å². The number of benzene rings is 2. The van der Waals surface area contributed by atoms with Crippen LogP contribution in [0.4, 0.5) is 0 Å². The van der Waals surface area contributed by atoms with Gasteiger partial charge in [0.1, 0.15) is 11.5 Å². The number of hydrazone groups is 1. The van der Waals surface area contributed by atoms with Crippen LogP contribution in [0.25, 0.3) is 0 Å². The van der Waals surface area contributed by atoms with Crippen LogP contribution in [0.1, 0.15) is 35.7 Å². The van der Waals surface area contributed by atoms with Gasteiger partial charge in [-0.15, -0.1) is 0 Å². The first-order valence-electron chi connectivity index (χ1n) is 7.06. The molecule has 0 saturated carbocycles. The van der Waals surface area contributed by atoms with Crippen LogP contribution < -0.4 is 5.43 Å². The number of phenolic OH excluding ortho intramolecular Hbond substituents is 2. The molecule has 0 aliphatic rings. The zero-order valence-corrected chi connectivity index (χ0v) is 12.3. The Balaban J connectivity index is 2.18. The lowest BCUT2D eigenvalue weighted by Gasteiger charge is -2.07. The van der Waals surface area contributed by atoms with Crippen molar-refractivity contribution in [3.63, 3.8) is 0 Å². The molecule has 0 heterocycles. The molecule has 2 aromatic rings. The number of nitrogens with zero attached hydrogens (tertiary/aromatic N) is 1. The van der Waals surface area contributed by atoms with Crippen molar-refractivity contribution in [1.82, 2.24) is 5.43 Å². The molecule has 0 aromatic heterocycles. The summed E-state index contributed by atoms with van der Waals surface area (Å²) in [6.07, 6.45) is 1.62. The van der Waals surface area contributed by atoms with Crippen LogP contribution in [-0.2, 0) is 0 Å². The van der Waals surface area contributed by atoms with Gasteiger partial charge in [0.2, 0.25) is 0 Å². The molecule has 22 heavy (non-hydrogen) atoms. The molecule has 0 saturated heterocycles. The monoisotopic (exact) mass is 298 g/mol. The Morgan fingerprint density at radius 2 is 1.86 bits per heavy atom. The van der Waals surface area contributed by atoms with Crippen molar-refractivity contribution < 1.29 is 15.0 Å². The van der Waals surface area contributed by atoms with Gasteiger partial charge in [-0.3, -0.25) is 4.79 Å². The highest BCUT2D eigenvalue weighted by atomic mass is 16.3. The van der Waals surface area contributed by atoms with Crippen molar-refractivity contribution >= 4 is 11.6 Å². The molecule has 0 aliphatic carbocycles. The Labute approximate surface area is 128 Å². The first-order chi connectivity index (χ1) is 10.6. The molecule has 5 heteroatoms. The first kappa shape index (κ1) is 15.6. The van der Waals surface area contributed by atoms with E-state index in [1.54, 1.807) is 0 Å². The van der Waals surface area contributed by atoms with Crippen LogP contribution in [0.2, 0.25) is 0 Å². The summed E-state index contributed by atoms with van der Waals surface area (Å²) in [5.74, 6) is -0.917. The molecule has 0 aliphatic heterocycles. The van der Waals surface area contributed by atoms with E-state index in [-0.39, 0.29) is 17.1 Å². The van der Waals surface area contributed by atoms with E-state index in [0.717, 1.165) is 30.2 Å². The van der Waals surface area contributed by atoms with E-state index < -0.39 is 5.91 Å². The summed E-state index contributed by atoms with van der Waals surface area (Å²) < 4.78 is 0. The van der Waals surface area contributed by atoms with Crippen molar-refractivity contribution in [3.05, 3.63) is 59.7 Å². The van der Waals surface area contributed by atoms with Crippen molar-refractivity contribution in [1.29, 1.82) is 0 Å². The van der Waals surface area contributed by atoms with E-state index in [9.17, 15) is 15.0 Å². The number of aromatic hydroxyl groups is 2. The van der Waals surface area contributed by atoms with E-state index in [1.807, 2.05) is 37.3 Å².